The smallest absolute Gasteiger partial charge is 0.241 e. The molecule has 1 aliphatic heterocycles. The van der Waals surface area contributed by atoms with Crippen LogP contribution in [-0.2, 0) is 4.79 Å². The molecule has 0 aliphatic carbocycles. The van der Waals surface area contributed by atoms with Crippen molar-refractivity contribution in [2.24, 2.45) is 0 Å². The Balaban J connectivity index is 2.21. The molecular formula is C12H15BrN2O. The summed E-state index contributed by atoms with van der Waals surface area (Å²) in [6, 6.07) is 8.04. The second-order valence-corrected chi connectivity index (χ2v) is 4.90. The van der Waals surface area contributed by atoms with E-state index in [1.807, 2.05) is 31.3 Å². The van der Waals surface area contributed by atoms with Crippen molar-refractivity contribution < 1.29 is 4.79 Å². The van der Waals surface area contributed by atoms with Crippen molar-refractivity contribution in [1.82, 2.24) is 4.90 Å². The van der Waals surface area contributed by atoms with E-state index in [-0.39, 0.29) is 5.91 Å². The highest BCUT2D eigenvalue weighted by molar-refractivity contribution is 9.10. The maximum Gasteiger partial charge on any atom is 0.241 e. The standard InChI is InChI=1S/C12H15BrN2O/c1-14-7-4-8-15(9-12(14)16)11-6-3-2-5-10(11)13/h2-3,5-6H,4,7-9H2,1H3. The second-order valence-electron chi connectivity index (χ2n) is 4.04. The topological polar surface area (TPSA) is 23.6 Å². The first-order valence-corrected chi connectivity index (χ1v) is 6.21. The van der Waals surface area contributed by atoms with E-state index in [0.717, 1.165) is 29.7 Å². The Labute approximate surface area is 104 Å². The minimum absolute atomic E-state index is 0.188. The quantitative estimate of drug-likeness (QED) is 0.788. The number of likely N-dealkylation sites (N-methyl/N-ethyl adjacent to an activating group) is 1. The zero-order chi connectivity index (χ0) is 11.5. The first-order chi connectivity index (χ1) is 7.68. The van der Waals surface area contributed by atoms with Gasteiger partial charge >= 0.3 is 0 Å². The van der Waals surface area contributed by atoms with Gasteiger partial charge in [0, 0.05) is 24.6 Å². The van der Waals surface area contributed by atoms with Crippen LogP contribution in [0.1, 0.15) is 6.42 Å². The van der Waals surface area contributed by atoms with Gasteiger partial charge in [0.2, 0.25) is 5.91 Å². The first kappa shape index (κ1) is 11.5. The summed E-state index contributed by atoms with van der Waals surface area (Å²) in [7, 11) is 1.87. The summed E-state index contributed by atoms with van der Waals surface area (Å²) >= 11 is 3.53. The number of anilines is 1. The number of para-hydroxylation sites is 1. The van der Waals surface area contributed by atoms with E-state index >= 15 is 0 Å². The summed E-state index contributed by atoms with van der Waals surface area (Å²) in [6.07, 6.45) is 1.02. The van der Waals surface area contributed by atoms with E-state index in [0.29, 0.717) is 6.54 Å². The Kier molecular flexibility index (Phi) is 3.49. The monoisotopic (exact) mass is 282 g/mol. The predicted octanol–water partition coefficient (Wildman–Crippen LogP) is 2.12. The Bertz CT molecular complexity index is 394. The molecule has 4 heteroatoms. The maximum atomic E-state index is 11.8. The third-order valence-electron chi connectivity index (χ3n) is 2.87. The third kappa shape index (κ3) is 2.38. The molecule has 0 unspecified atom stereocenters. The summed E-state index contributed by atoms with van der Waals surface area (Å²) in [4.78, 5) is 15.7. The lowest BCUT2D eigenvalue weighted by molar-refractivity contribution is -0.127. The third-order valence-corrected chi connectivity index (χ3v) is 3.54. The number of carbonyl (C=O) groups excluding carboxylic acids is 1. The van der Waals surface area contributed by atoms with Crippen LogP contribution in [0.15, 0.2) is 28.7 Å². The van der Waals surface area contributed by atoms with Crippen molar-refractivity contribution >= 4 is 27.5 Å². The summed E-state index contributed by atoms with van der Waals surface area (Å²) in [6.45, 7) is 2.25. The van der Waals surface area contributed by atoms with Gasteiger partial charge < -0.3 is 9.80 Å². The van der Waals surface area contributed by atoms with Gasteiger partial charge in [0.25, 0.3) is 0 Å². The van der Waals surface area contributed by atoms with Crippen LogP contribution < -0.4 is 4.90 Å². The molecule has 1 fully saturated rings. The van der Waals surface area contributed by atoms with E-state index in [4.69, 9.17) is 0 Å². The summed E-state index contributed by atoms with van der Waals surface area (Å²) in [5.41, 5.74) is 1.10. The van der Waals surface area contributed by atoms with Gasteiger partial charge in [-0.3, -0.25) is 4.79 Å². The molecule has 0 N–H and O–H groups in total. The summed E-state index contributed by atoms with van der Waals surface area (Å²) in [5, 5.41) is 0. The number of carbonyl (C=O) groups is 1. The Morgan fingerprint density at radius 1 is 1.25 bits per heavy atom. The van der Waals surface area contributed by atoms with Gasteiger partial charge in [-0.05, 0) is 34.5 Å². The normalized spacial score (nSPS) is 17.5. The van der Waals surface area contributed by atoms with Crippen LogP contribution in [0.25, 0.3) is 0 Å². The molecule has 1 amide bonds. The fraction of sp³-hybridized carbons (Fsp3) is 0.417. The van der Waals surface area contributed by atoms with Gasteiger partial charge in [-0.15, -0.1) is 0 Å². The van der Waals surface area contributed by atoms with Crippen molar-refractivity contribution in [1.29, 1.82) is 0 Å². The second kappa shape index (κ2) is 4.87. The fourth-order valence-electron chi connectivity index (χ4n) is 1.90. The number of nitrogens with zero attached hydrogens (tertiary/aromatic N) is 2. The van der Waals surface area contributed by atoms with Crippen LogP contribution in [0.4, 0.5) is 5.69 Å². The molecule has 3 nitrogen and oxygen atoms in total. The Morgan fingerprint density at radius 2 is 2.00 bits per heavy atom. The van der Waals surface area contributed by atoms with E-state index in [2.05, 4.69) is 20.8 Å². The zero-order valence-electron chi connectivity index (χ0n) is 9.32. The van der Waals surface area contributed by atoms with Crippen LogP contribution in [0, 0.1) is 0 Å². The summed E-state index contributed by atoms with van der Waals surface area (Å²) in [5.74, 6) is 0.188. The lowest BCUT2D eigenvalue weighted by atomic mass is 10.2. The van der Waals surface area contributed by atoms with E-state index < -0.39 is 0 Å². The number of hydrogen-bond acceptors (Lipinski definition) is 2. The number of rotatable bonds is 1. The number of amides is 1. The van der Waals surface area contributed by atoms with Crippen LogP contribution >= 0.6 is 15.9 Å². The number of halogens is 1. The number of hydrogen-bond donors (Lipinski definition) is 0. The fourth-order valence-corrected chi connectivity index (χ4v) is 2.44. The van der Waals surface area contributed by atoms with Gasteiger partial charge in [0.1, 0.15) is 0 Å². The van der Waals surface area contributed by atoms with Crippen molar-refractivity contribution in [2.75, 3.05) is 31.6 Å². The highest BCUT2D eigenvalue weighted by atomic mass is 79.9. The minimum atomic E-state index is 0.188. The van der Waals surface area contributed by atoms with Crippen molar-refractivity contribution in [3.8, 4) is 0 Å². The molecule has 0 radical (unpaired) electrons. The van der Waals surface area contributed by atoms with Crippen LogP contribution in [0.5, 0.6) is 0 Å². The molecule has 0 atom stereocenters. The molecule has 16 heavy (non-hydrogen) atoms. The Morgan fingerprint density at radius 3 is 2.75 bits per heavy atom. The van der Waals surface area contributed by atoms with Crippen molar-refractivity contribution in [3.63, 3.8) is 0 Å². The van der Waals surface area contributed by atoms with Crippen molar-refractivity contribution in [3.05, 3.63) is 28.7 Å². The highest BCUT2D eigenvalue weighted by Crippen LogP contribution is 2.26. The molecule has 2 rings (SSSR count). The average molecular weight is 283 g/mol. The summed E-state index contributed by atoms with van der Waals surface area (Å²) < 4.78 is 1.05. The van der Waals surface area contributed by atoms with Crippen LogP contribution in [0.3, 0.4) is 0 Å². The molecule has 1 saturated heterocycles. The van der Waals surface area contributed by atoms with Crippen LogP contribution in [-0.4, -0.2) is 37.5 Å². The Hall–Kier alpha value is -1.03. The average Bonchev–Trinajstić information content (AvgIpc) is 2.43. The van der Waals surface area contributed by atoms with Gasteiger partial charge in [0.15, 0.2) is 0 Å². The predicted molar refractivity (Wildman–Crippen MR) is 68.6 cm³/mol. The zero-order valence-corrected chi connectivity index (χ0v) is 10.9. The van der Waals surface area contributed by atoms with E-state index in [1.54, 1.807) is 4.90 Å². The SMILES string of the molecule is CN1CCCN(c2ccccc2Br)CC1=O. The van der Waals surface area contributed by atoms with Gasteiger partial charge in [-0.25, -0.2) is 0 Å². The van der Waals surface area contributed by atoms with E-state index in [9.17, 15) is 4.79 Å². The molecule has 1 aromatic rings. The maximum absolute atomic E-state index is 11.8. The van der Waals surface area contributed by atoms with Gasteiger partial charge in [0.05, 0.1) is 12.2 Å². The minimum Gasteiger partial charge on any atom is -0.361 e. The molecule has 0 bridgehead atoms. The molecule has 0 aromatic heterocycles. The molecule has 0 spiro atoms. The van der Waals surface area contributed by atoms with Crippen molar-refractivity contribution in [2.45, 2.75) is 6.42 Å². The molecule has 1 aromatic carbocycles. The lowest BCUT2D eigenvalue weighted by Gasteiger charge is -2.23. The molecule has 0 saturated carbocycles. The van der Waals surface area contributed by atoms with Crippen LogP contribution in [0.2, 0.25) is 0 Å². The lowest BCUT2D eigenvalue weighted by Crippen LogP contribution is -2.34. The molecule has 1 aliphatic rings. The molecule has 86 valence electrons. The van der Waals surface area contributed by atoms with E-state index in [1.165, 1.54) is 0 Å². The first-order valence-electron chi connectivity index (χ1n) is 5.42. The highest BCUT2D eigenvalue weighted by Gasteiger charge is 2.19. The van der Waals surface area contributed by atoms with Gasteiger partial charge in [-0.1, -0.05) is 12.1 Å². The molecule has 1 heterocycles. The van der Waals surface area contributed by atoms with Gasteiger partial charge in [-0.2, -0.15) is 0 Å². The largest absolute Gasteiger partial charge is 0.361 e. The number of benzene rings is 1. The molecular weight excluding hydrogens is 268 g/mol.